The summed E-state index contributed by atoms with van der Waals surface area (Å²) in [4.78, 5) is 13.9. The molecule has 2 aliphatic rings. The molecule has 0 aromatic heterocycles. The molecule has 0 radical (unpaired) electrons. The molecule has 98 valence electrons. The van der Waals surface area contributed by atoms with E-state index < -0.39 is 0 Å². The van der Waals surface area contributed by atoms with Crippen LogP contribution < -0.4 is 5.32 Å². The fourth-order valence-corrected chi connectivity index (χ4v) is 3.06. The fourth-order valence-electron chi connectivity index (χ4n) is 3.06. The topological polar surface area (TPSA) is 32.3 Å². The Morgan fingerprint density at radius 2 is 1.76 bits per heavy atom. The zero-order chi connectivity index (χ0) is 11.9. The van der Waals surface area contributed by atoms with Crippen LogP contribution in [-0.4, -0.2) is 37.0 Å². The summed E-state index contributed by atoms with van der Waals surface area (Å²) in [6.45, 7) is 3.52. The predicted molar refractivity (Wildman–Crippen MR) is 69.9 cm³/mol. The summed E-state index contributed by atoms with van der Waals surface area (Å²) < 4.78 is 0. The molecule has 0 atom stereocenters. The number of carbonyl (C=O) groups excluding carboxylic acids is 1. The number of likely N-dealkylation sites (tertiary alicyclic amines) is 1. The standard InChI is InChI=1S/C14H26N2O/c17-14(16-10-4-1-5-11-16)12-15-9-8-13-6-2-3-7-13/h13,15H,1-12H2. The third-order valence-corrected chi connectivity index (χ3v) is 4.19. The van der Waals surface area contributed by atoms with Gasteiger partial charge in [0.15, 0.2) is 0 Å². The summed E-state index contributed by atoms with van der Waals surface area (Å²) >= 11 is 0. The highest BCUT2D eigenvalue weighted by Gasteiger charge is 2.17. The van der Waals surface area contributed by atoms with E-state index in [0.717, 1.165) is 25.6 Å². The van der Waals surface area contributed by atoms with Crippen LogP contribution in [0.5, 0.6) is 0 Å². The minimum absolute atomic E-state index is 0.302. The van der Waals surface area contributed by atoms with Crippen molar-refractivity contribution in [1.82, 2.24) is 10.2 Å². The van der Waals surface area contributed by atoms with E-state index in [9.17, 15) is 4.79 Å². The van der Waals surface area contributed by atoms with Gasteiger partial charge in [0.25, 0.3) is 0 Å². The number of hydrogen-bond acceptors (Lipinski definition) is 2. The van der Waals surface area contributed by atoms with Crippen LogP contribution in [0.25, 0.3) is 0 Å². The predicted octanol–water partition coefficient (Wildman–Crippen LogP) is 2.17. The Labute approximate surface area is 105 Å². The largest absolute Gasteiger partial charge is 0.342 e. The summed E-state index contributed by atoms with van der Waals surface area (Å²) in [7, 11) is 0. The molecule has 3 heteroatoms. The third-order valence-electron chi connectivity index (χ3n) is 4.19. The van der Waals surface area contributed by atoms with Gasteiger partial charge in [0, 0.05) is 13.1 Å². The van der Waals surface area contributed by atoms with Gasteiger partial charge < -0.3 is 10.2 Å². The highest BCUT2D eigenvalue weighted by Crippen LogP contribution is 2.26. The van der Waals surface area contributed by atoms with Gasteiger partial charge in [-0.25, -0.2) is 0 Å². The molecular formula is C14H26N2O. The number of nitrogens with zero attached hydrogens (tertiary/aromatic N) is 1. The normalized spacial score (nSPS) is 22.0. The molecule has 2 fully saturated rings. The number of piperidine rings is 1. The van der Waals surface area contributed by atoms with Crippen LogP contribution in [0.4, 0.5) is 0 Å². The van der Waals surface area contributed by atoms with E-state index in [1.807, 2.05) is 4.90 Å². The molecule has 0 aromatic rings. The lowest BCUT2D eigenvalue weighted by molar-refractivity contribution is -0.131. The molecule has 0 aromatic carbocycles. The maximum atomic E-state index is 11.9. The van der Waals surface area contributed by atoms with Crippen molar-refractivity contribution in [2.75, 3.05) is 26.2 Å². The number of hydrogen-bond donors (Lipinski definition) is 1. The maximum Gasteiger partial charge on any atom is 0.236 e. The van der Waals surface area contributed by atoms with Crippen molar-refractivity contribution >= 4 is 5.91 Å². The molecule has 3 nitrogen and oxygen atoms in total. The lowest BCUT2D eigenvalue weighted by atomic mass is 10.0. The van der Waals surface area contributed by atoms with Crippen molar-refractivity contribution in [2.45, 2.75) is 51.4 Å². The molecule has 1 saturated carbocycles. The number of nitrogens with one attached hydrogen (secondary N) is 1. The van der Waals surface area contributed by atoms with Crippen LogP contribution in [0, 0.1) is 5.92 Å². The molecule has 1 aliphatic carbocycles. The average molecular weight is 238 g/mol. The molecule has 1 heterocycles. The Hall–Kier alpha value is -0.570. The van der Waals surface area contributed by atoms with Gasteiger partial charge in [-0.05, 0) is 38.1 Å². The second kappa shape index (κ2) is 7.00. The smallest absolute Gasteiger partial charge is 0.236 e. The van der Waals surface area contributed by atoms with Gasteiger partial charge in [-0.3, -0.25) is 4.79 Å². The van der Waals surface area contributed by atoms with E-state index in [2.05, 4.69) is 5.32 Å². The minimum atomic E-state index is 0.302. The van der Waals surface area contributed by atoms with Gasteiger partial charge in [-0.2, -0.15) is 0 Å². The van der Waals surface area contributed by atoms with E-state index in [-0.39, 0.29) is 0 Å². The van der Waals surface area contributed by atoms with Crippen LogP contribution >= 0.6 is 0 Å². The van der Waals surface area contributed by atoms with Crippen LogP contribution in [0.3, 0.4) is 0 Å². The van der Waals surface area contributed by atoms with Gasteiger partial charge in [-0.1, -0.05) is 25.7 Å². The molecule has 0 unspecified atom stereocenters. The van der Waals surface area contributed by atoms with Crippen LogP contribution in [0.15, 0.2) is 0 Å². The Kier molecular flexibility index (Phi) is 5.30. The Bertz CT molecular complexity index is 230. The summed E-state index contributed by atoms with van der Waals surface area (Å²) in [5.74, 6) is 1.23. The molecule has 1 N–H and O–H groups in total. The maximum absolute atomic E-state index is 11.9. The highest BCUT2D eigenvalue weighted by atomic mass is 16.2. The average Bonchev–Trinajstić information content (AvgIpc) is 2.88. The number of carbonyl (C=O) groups is 1. The van der Waals surface area contributed by atoms with Crippen LogP contribution in [0.2, 0.25) is 0 Å². The number of rotatable bonds is 5. The molecule has 1 amide bonds. The molecule has 2 rings (SSSR count). The zero-order valence-corrected chi connectivity index (χ0v) is 10.9. The van der Waals surface area contributed by atoms with Gasteiger partial charge in [0.2, 0.25) is 5.91 Å². The quantitative estimate of drug-likeness (QED) is 0.745. The second-order valence-electron chi connectivity index (χ2n) is 5.56. The van der Waals surface area contributed by atoms with Crippen LogP contribution in [-0.2, 0) is 4.79 Å². The first-order valence-corrected chi connectivity index (χ1v) is 7.35. The summed E-state index contributed by atoms with van der Waals surface area (Å²) in [6.07, 6.45) is 10.6. The van der Waals surface area contributed by atoms with Gasteiger partial charge in [-0.15, -0.1) is 0 Å². The second-order valence-corrected chi connectivity index (χ2v) is 5.56. The van der Waals surface area contributed by atoms with Crippen molar-refractivity contribution in [3.8, 4) is 0 Å². The summed E-state index contributed by atoms with van der Waals surface area (Å²) in [5, 5.41) is 3.32. The van der Waals surface area contributed by atoms with Crippen LogP contribution in [0.1, 0.15) is 51.4 Å². The van der Waals surface area contributed by atoms with Crippen molar-refractivity contribution in [3.05, 3.63) is 0 Å². The third kappa shape index (κ3) is 4.30. The molecular weight excluding hydrogens is 212 g/mol. The first-order valence-electron chi connectivity index (χ1n) is 7.35. The van der Waals surface area contributed by atoms with Crippen molar-refractivity contribution in [1.29, 1.82) is 0 Å². The van der Waals surface area contributed by atoms with Crippen molar-refractivity contribution in [2.24, 2.45) is 5.92 Å². The van der Waals surface area contributed by atoms with E-state index in [1.165, 1.54) is 51.4 Å². The Morgan fingerprint density at radius 1 is 1.06 bits per heavy atom. The first-order chi connectivity index (χ1) is 8.36. The van der Waals surface area contributed by atoms with Crippen molar-refractivity contribution in [3.63, 3.8) is 0 Å². The van der Waals surface area contributed by atoms with Gasteiger partial charge >= 0.3 is 0 Å². The molecule has 0 bridgehead atoms. The van der Waals surface area contributed by atoms with E-state index in [0.29, 0.717) is 12.5 Å². The lowest BCUT2D eigenvalue weighted by Crippen LogP contribution is -2.41. The molecule has 0 spiro atoms. The summed E-state index contributed by atoms with van der Waals surface area (Å²) in [5.41, 5.74) is 0. The van der Waals surface area contributed by atoms with Gasteiger partial charge in [0.1, 0.15) is 0 Å². The Balaban J connectivity index is 1.53. The number of amides is 1. The highest BCUT2D eigenvalue weighted by molar-refractivity contribution is 5.78. The first kappa shape index (κ1) is 12.9. The molecule has 1 aliphatic heterocycles. The molecule has 17 heavy (non-hydrogen) atoms. The zero-order valence-electron chi connectivity index (χ0n) is 10.9. The van der Waals surface area contributed by atoms with E-state index >= 15 is 0 Å². The van der Waals surface area contributed by atoms with Gasteiger partial charge in [0.05, 0.1) is 6.54 Å². The SMILES string of the molecule is O=C(CNCCC1CCCC1)N1CCCCC1. The Morgan fingerprint density at radius 3 is 2.47 bits per heavy atom. The summed E-state index contributed by atoms with van der Waals surface area (Å²) in [6, 6.07) is 0. The van der Waals surface area contributed by atoms with E-state index in [1.54, 1.807) is 0 Å². The molecule has 1 saturated heterocycles. The fraction of sp³-hybridized carbons (Fsp3) is 0.929. The minimum Gasteiger partial charge on any atom is -0.342 e. The van der Waals surface area contributed by atoms with Crippen molar-refractivity contribution < 1.29 is 4.79 Å². The lowest BCUT2D eigenvalue weighted by Gasteiger charge is -2.26. The monoisotopic (exact) mass is 238 g/mol. The van der Waals surface area contributed by atoms with E-state index in [4.69, 9.17) is 0 Å².